The van der Waals surface area contributed by atoms with Gasteiger partial charge < -0.3 is 5.11 Å². The van der Waals surface area contributed by atoms with Gasteiger partial charge in [-0.1, -0.05) is 20.8 Å². The molecular weight excluding hydrogens is 274 g/mol. The van der Waals surface area contributed by atoms with Gasteiger partial charge in [-0.05, 0) is 24.5 Å². The molecular formula is C11H17NO4S2. The molecule has 7 heteroatoms. The van der Waals surface area contributed by atoms with Crippen LogP contribution in [-0.4, -0.2) is 25.5 Å². The third-order valence-corrected chi connectivity index (χ3v) is 5.28. The zero-order valence-electron chi connectivity index (χ0n) is 10.7. The Bertz CT molecular complexity index is 540. The number of thiophene rings is 1. The molecule has 1 aromatic rings. The number of nitrogens with one attached hydrogen (secondary N) is 1. The van der Waals surface area contributed by atoms with E-state index in [9.17, 15) is 13.2 Å². The van der Waals surface area contributed by atoms with Crippen molar-refractivity contribution >= 4 is 27.3 Å². The van der Waals surface area contributed by atoms with Gasteiger partial charge in [-0.2, -0.15) is 4.72 Å². The van der Waals surface area contributed by atoms with Crippen LogP contribution in [0.2, 0.25) is 0 Å². The Labute approximate surface area is 111 Å². The maximum absolute atomic E-state index is 12.0. The molecule has 1 heterocycles. The van der Waals surface area contributed by atoms with Gasteiger partial charge in [0.2, 0.25) is 0 Å². The minimum absolute atomic E-state index is 0.135. The molecule has 0 unspecified atom stereocenters. The van der Waals surface area contributed by atoms with Gasteiger partial charge in [-0.15, -0.1) is 11.3 Å². The average molecular weight is 291 g/mol. The first-order chi connectivity index (χ1) is 8.04. The summed E-state index contributed by atoms with van der Waals surface area (Å²) in [5, 5.41) is 9.10. The van der Waals surface area contributed by atoms with E-state index in [1.807, 2.05) is 0 Å². The molecule has 18 heavy (non-hydrogen) atoms. The Kier molecular flexibility index (Phi) is 4.19. The van der Waals surface area contributed by atoms with Gasteiger partial charge in [0, 0.05) is 4.88 Å². The number of sulfonamides is 1. The molecule has 5 nitrogen and oxygen atoms in total. The number of carboxylic acid groups (broad SMARTS) is 1. The summed E-state index contributed by atoms with van der Waals surface area (Å²) in [6.07, 6.45) is 0. The first-order valence-corrected chi connectivity index (χ1v) is 7.65. The lowest BCUT2D eigenvalue weighted by Crippen LogP contribution is -2.48. The highest BCUT2D eigenvalue weighted by Crippen LogP contribution is 2.24. The van der Waals surface area contributed by atoms with E-state index in [-0.39, 0.29) is 4.21 Å². The zero-order valence-corrected chi connectivity index (χ0v) is 12.4. The van der Waals surface area contributed by atoms with E-state index in [4.69, 9.17) is 5.11 Å². The van der Waals surface area contributed by atoms with Gasteiger partial charge in [0.05, 0.1) is 0 Å². The third kappa shape index (κ3) is 3.54. The molecule has 102 valence electrons. The van der Waals surface area contributed by atoms with E-state index in [2.05, 4.69) is 4.72 Å². The second-order valence-corrected chi connectivity index (χ2v) is 8.35. The van der Waals surface area contributed by atoms with Crippen LogP contribution in [0.25, 0.3) is 0 Å². The topological polar surface area (TPSA) is 83.5 Å². The maximum atomic E-state index is 12.0. The second-order valence-electron chi connectivity index (χ2n) is 5.12. The summed E-state index contributed by atoms with van der Waals surface area (Å²) in [5.41, 5.74) is -0.703. The van der Waals surface area contributed by atoms with Gasteiger partial charge in [0.25, 0.3) is 10.0 Å². The number of aryl methyl sites for hydroxylation is 1. The average Bonchev–Trinajstić information content (AvgIpc) is 2.60. The number of rotatable bonds is 4. The highest BCUT2D eigenvalue weighted by molar-refractivity contribution is 7.91. The molecule has 1 atom stereocenters. The van der Waals surface area contributed by atoms with Crippen LogP contribution in [-0.2, 0) is 14.8 Å². The van der Waals surface area contributed by atoms with E-state index in [1.165, 1.54) is 6.07 Å². The summed E-state index contributed by atoms with van der Waals surface area (Å²) in [6, 6.07) is 2.00. The standard InChI is InChI=1S/C11H17NO4S2/c1-7-5-6-8(17-7)18(15,16)12-9(10(13)14)11(2,3)4/h5-6,9,12H,1-4H3,(H,13,14)/t9-/m1/s1. The number of aliphatic carboxylic acids is 1. The number of carboxylic acids is 1. The molecule has 0 aromatic carbocycles. The molecule has 2 N–H and O–H groups in total. The highest BCUT2D eigenvalue weighted by Gasteiger charge is 2.35. The number of hydrogen-bond acceptors (Lipinski definition) is 4. The molecule has 0 aliphatic rings. The summed E-state index contributed by atoms with van der Waals surface area (Å²) in [6.45, 7) is 6.82. The van der Waals surface area contributed by atoms with Crippen LogP contribution in [0.3, 0.4) is 0 Å². The van der Waals surface area contributed by atoms with E-state index in [0.717, 1.165) is 16.2 Å². The minimum atomic E-state index is -3.78. The molecule has 0 fully saturated rings. The smallest absolute Gasteiger partial charge is 0.322 e. The van der Waals surface area contributed by atoms with Crippen molar-refractivity contribution in [2.45, 2.75) is 37.9 Å². The van der Waals surface area contributed by atoms with Crippen molar-refractivity contribution in [3.8, 4) is 0 Å². The first-order valence-electron chi connectivity index (χ1n) is 5.35. The summed E-state index contributed by atoms with van der Waals surface area (Å²) >= 11 is 1.12. The van der Waals surface area contributed by atoms with Gasteiger partial charge >= 0.3 is 5.97 Å². The Morgan fingerprint density at radius 3 is 2.28 bits per heavy atom. The Morgan fingerprint density at radius 2 is 1.94 bits per heavy atom. The monoisotopic (exact) mass is 291 g/mol. The van der Waals surface area contributed by atoms with E-state index in [1.54, 1.807) is 33.8 Å². The van der Waals surface area contributed by atoms with Gasteiger partial charge in [0.15, 0.2) is 0 Å². The molecule has 0 aliphatic heterocycles. The molecule has 0 saturated carbocycles. The molecule has 0 saturated heterocycles. The fraction of sp³-hybridized carbons (Fsp3) is 0.545. The van der Waals surface area contributed by atoms with Crippen molar-refractivity contribution in [1.29, 1.82) is 0 Å². The fourth-order valence-corrected chi connectivity index (χ4v) is 4.06. The van der Waals surface area contributed by atoms with E-state index >= 15 is 0 Å². The Morgan fingerprint density at radius 1 is 1.39 bits per heavy atom. The quantitative estimate of drug-likeness (QED) is 0.886. The minimum Gasteiger partial charge on any atom is -0.480 e. The maximum Gasteiger partial charge on any atom is 0.322 e. The van der Waals surface area contributed by atoms with Crippen molar-refractivity contribution in [2.75, 3.05) is 0 Å². The summed E-state index contributed by atoms with van der Waals surface area (Å²) in [5.74, 6) is -1.18. The number of hydrogen-bond donors (Lipinski definition) is 2. The first kappa shape index (κ1) is 15.1. The summed E-state index contributed by atoms with van der Waals surface area (Å²) < 4.78 is 26.5. The van der Waals surface area contributed by atoms with E-state index in [0.29, 0.717) is 0 Å². The van der Waals surface area contributed by atoms with Gasteiger partial charge in [0.1, 0.15) is 10.3 Å². The van der Waals surface area contributed by atoms with Crippen molar-refractivity contribution in [2.24, 2.45) is 5.41 Å². The Hall–Kier alpha value is -0.920. The predicted molar refractivity (Wildman–Crippen MR) is 70.3 cm³/mol. The highest BCUT2D eigenvalue weighted by atomic mass is 32.2. The van der Waals surface area contributed by atoms with E-state index < -0.39 is 27.4 Å². The van der Waals surface area contributed by atoms with Crippen LogP contribution in [0, 0.1) is 12.3 Å². The normalized spacial score (nSPS) is 14.4. The lowest BCUT2D eigenvalue weighted by molar-refractivity contribution is -0.141. The van der Waals surface area contributed by atoms with Crippen LogP contribution in [0.5, 0.6) is 0 Å². The predicted octanol–water partition coefficient (Wildman–Crippen LogP) is 1.83. The lowest BCUT2D eigenvalue weighted by atomic mass is 9.88. The van der Waals surface area contributed by atoms with Crippen LogP contribution in [0.15, 0.2) is 16.3 Å². The molecule has 0 radical (unpaired) electrons. The van der Waals surface area contributed by atoms with Gasteiger partial charge in [-0.25, -0.2) is 8.42 Å². The summed E-state index contributed by atoms with van der Waals surface area (Å²) in [4.78, 5) is 12.0. The molecule has 0 aliphatic carbocycles. The molecule has 1 rings (SSSR count). The molecule has 0 amide bonds. The van der Waals surface area contributed by atoms with Crippen molar-refractivity contribution in [3.63, 3.8) is 0 Å². The molecule has 1 aromatic heterocycles. The SMILES string of the molecule is Cc1ccc(S(=O)(=O)N[C@H](C(=O)O)C(C)(C)C)s1. The fourth-order valence-electron chi connectivity index (χ4n) is 1.37. The van der Waals surface area contributed by atoms with Crippen molar-refractivity contribution in [1.82, 2.24) is 4.72 Å². The molecule has 0 bridgehead atoms. The summed E-state index contributed by atoms with van der Waals surface area (Å²) in [7, 11) is -3.78. The van der Waals surface area contributed by atoms with Gasteiger partial charge in [-0.3, -0.25) is 4.79 Å². The third-order valence-electron chi connectivity index (χ3n) is 2.37. The van der Waals surface area contributed by atoms with Crippen molar-refractivity contribution in [3.05, 3.63) is 17.0 Å². The Balaban J connectivity index is 3.05. The van der Waals surface area contributed by atoms with Crippen LogP contribution < -0.4 is 4.72 Å². The van der Waals surface area contributed by atoms with Crippen LogP contribution in [0.1, 0.15) is 25.6 Å². The largest absolute Gasteiger partial charge is 0.480 e. The van der Waals surface area contributed by atoms with Crippen LogP contribution >= 0.6 is 11.3 Å². The molecule has 0 spiro atoms. The second kappa shape index (κ2) is 4.99. The van der Waals surface area contributed by atoms with Crippen molar-refractivity contribution < 1.29 is 18.3 Å². The van der Waals surface area contributed by atoms with Crippen LogP contribution in [0.4, 0.5) is 0 Å². The zero-order chi connectivity index (χ0) is 14.1. The lowest BCUT2D eigenvalue weighted by Gasteiger charge is -2.27. The number of carbonyl (C=O) groups is 1.